The molecule has 1 saturated carbocycles. The SMILES string of the molecule is O=C(O)c1cccc(Nc2cccc(C(=O)N3CCN(C(=O)C4CC4)CC3)c2)c1O. The van der Waals surface area contributed by atoms with Crippen LogP contribution < -0.4 is 5.32 Å². The van der Waals surface area contributed by atoms with Crippen molar-refractivity contribution in [3.63, 3.8) is 0 Å². The van der Waals surface area contributed by atoms with Crippen molar-refractivity contribution in [1.29, 1.82) is 0 Å². The molecule has 30 heavy (non-hydrogen) atoms. The second kappa shape index (κ2) is 8.06. The molecule has 2 fully saturated rings. The molecule has 1 aliphatic heterocycles. The Morgan fingerprint density at radius 2 is 1.60 bits per heavy atom. The van der Waals surface area contributed by atoms with E-state index in [-0.39, 0.29) is 34.7 Å². The van der Waals surface area contributed by atoms with Crippen LogP contribution in [-0.2, 0) is 4.79 Å². The van der Waals surface area contributed by atoms with Crippen LogP contribution in [0.15, 0.2) is 42.5 Å². The van der Waals surface area contributed by atoms with Crippen molar-refractivity contribution in [2.24, 2.45) is 5.92 Å². The summed E-state index contributed by atoms with van der Waals surface area (Å²) in [5, 5.41) is 22.3. The predicted molar refractivity (Wildman–Crippen MR) is 110 cm³/mol. The summed E-state index contributed by atoms with van der Waals surface area (Å²) in [4.78, 5) is 39.8. The van der Waals surface area contributed by atoms with E-state index in [1.54, 1.807) is 35.2 Å². The summed E-state index contributed by atoms with van der Waals surface area (Å²) in [7, 11) is 0. The number of phenols is 1. The number of carboxylic acid groups (broad SMARTS) is 1. The Labute approximate surface area is 173 Å². The van der Waals surface area contributed by atoms with E-state index in [4.69, 9.17) is 5.11 Å². The molecule has 0 atom stereocenters. The Morgan fingerprint density at radius 3 is 2.27 bits per heavy atom. The molecule has 8 nitrogen and oxygen atoms in total. The molecule has 1 aliphatic carbocycles. The summed E-state index contributed by atoms with van der Waals surface area (Å²) in [6, 6.07) is 11.2. The zero-order chi connectivity index (χ0) is 21.3. The van der Waals surface area contributed by atoms with E-state index in [1.165, 1.54) is 12.1 Å². The highest BCUT2D eigenvalue weighted by Gasteiger charge is 2.35. The highest BCUT2D eigenvalue weighted by Crippen LogP contribution is 2.32. The van der Waals surface area contributed by atoms with Crippen LogP contribution in [0, 0.1) is 5.92 Å². The Morgan fingerprint density at radius 1 is 0.933 bits per heavy atom. The van der Waals surface area contributed by atoms with Gasteiger partial charge in [-0.1, -0.05) is 12.1 Å². The third kappa shape index (κ3) is 4.07. The summed E-state index contributed by atoms with van der Waals surface area (Å²) in [6.07, 6.45) is 1.95. The molecule has 156 valence electrons. The molecule has 0 aromatic heterocycles. The fourth-order valence-electron chi connectivity index (χ4n) is 3.60. The highest BCUT2D eigenvalue weighted by molar-refractivity contribution is 5.96. The first kappa shape index (κ1) is 19.8. The van der Waals surface area contributed by atoms with E-state index in [1.807, 2.05) is 4.90 Å². The molecule has 4 rings (SSSR count). The molecule has 0 spiro atoms. The lowest BCUT2D eigenvalue weighted by molar-refractivity contribution is -0.134. The Bertz CT molecular complexity index is 994. The van der Waals surface area contributed by atoms with Crippen LogP contribution in [0.2, 0.25) is 0 Å². The maximum atomic E-state index is 12.9. The van der Waals surface area contributed by atoms with Crippen LogP contribution >= 0.6 is 0 Å². The standard InChI is InChI=1S/C22H23N3O5/c26-19-17(22(29)30)5-2-6-18(19)23-16-4-1-3-15(13-16)21(28)25-11-9-24(10-12-25)20(27)14-7-8-14/h1-6,13-14,23,26H,7-12H2,(H,29,30). The number of aromatic carboxylic acids is 1. The quantitative estimate of drug-likeness (QED) is 0.655. The minimum atomic E-state index is -1.22. The van der Waals surface area contributed by atoms with E-state index in [0.29, 0.717) is 37.4 Å². The maximum Gasteiger partial charge on any atom is 0.339 e. The van der Waals surface area contributed by atoms with Gasteiger partial charge in [0, 0.05) is 43.3 Å². The smallest absolute Gasteiger partial charge is 0.339 e. The van der Waals surface area contributed by atoms with Gasteiger partial charge in [-0.2, -0.15) is 0 Å². The first-order valence-corrected chi connectivity index (χ1v) is 9.94. The number of amides is 2. The fourth-order valence-corrected chi connectivity index (χ4v) is 3.60. The van der Waals surface area contributed by atoms with Crippen molar-refractivity contribution in [2.75, 3.05) is 31.5 Å². The van der Waals surface area contributed by atoms with Crippen molar-refractivity contribution >= 4 is 29.2 Å². The van der Waals surface area contributed by atoms with E-state index < -0.39 is 5.97 Å². The van der Waals surface area contributed by atoms with Crippen molar-refractivity contribution in [3.8, 4) is 5.75 Å². The Balaban J connectivity index is 1.43. The van der Waals surface area contributed by atoms with Crippen molar-refractivity contribution in [3.05, 3.63) is 53.6 Å². The number of aromatic hydroxyl groups is 1. The van der Waals surface area contributed by atoms with Gasteiger partial charge in [-0.25, -0.2) is 4.79 Å². The lowest BCUT2D eigenvalue weighted by Gasteiger charge is -2.35. The number of rotatable bonds is 5. The van der Waals surface area contributed by atoms with Gasteiger partial charge in [-0.15, -0.1) is 0 Å². The van der Waals surface area contributed by atoms with Gasteiger partial charge in [0.15, 0.2) is 5.75 Å². The Kier molecular flexibility index (Phi) is 5.31. The van der Waals surface area contributed by atoms with Crippen LogP contribution in [0.5, 0.6) is 5.75 Å². The average molecular weight is 409 g/mol. The summed E-state index contributed by atoms with van der Waals surface area (Å²) in [5.41, 5.74) is 1.08. The van der Waals surface area contributed by atoms with E-state index >= 15 is 0 Å². The molecule has 2 aliphatic rings. The first-order valence-electron chi connectivity index (χ1n) is 9.94. The molecule has 3 N–H and O–H groups in total. The molecule has 2 aromatic carbocycles. The summed E-state index contributed by atoms with van der Waals surface area (Å²) < 4.78 is 0. The minimum Gasteiger partial charge on any atom is -0.505 e. The first-order chi connectivity index (χ1) is 14.4. The maximum absolute atomic E-state index is 12.9. The lowest BCUT2D eigenvalue weighted by atomic mass is 10.1. The fraction of sp³-hybridized carbons (Fsp3) is 0.318. The number of carbonyl (C=O) groups is 3. The average Bonchev–Trinajstić information content (AvgIpc) is 3.60. The van der Waals surface area contributed by atoms with Gasteiger partial charge in [-0.05, 0) is 43.2 Å². The third-order valence-electron chi connectivity index (χ3n) is 5.46. The highest BCUT2D eigenvalue weighted by atomic mass is 16.4. The topological polar surface area (TPSA) is 110 Å². The van der Waals surface area contributed by atoms with Crippen molar-refractivity contribution in [1.82, 2.24) is 9.80 Å². The van der Waals surface area contributed by atoms with Gasteiger partial charge in [0.25, 0.3) is 5.91 Å². The molecule has 0 radical (unpaired) electrons. The number of nitrogens with zero attached hydrogens (tertiary/aromatic N) is 2. The van der Waals surface area contributed by atoms with Crippen LogP contribution in [0.3, 0.4) is 0 Å². The van der Waals surface area contributed by atoms with Crippen molar-refractivity contribution < 1.29 is 24.6 Å². The number of para-hydroxylation sites is 1. The molecular formula is C22H23N3O5. The number of piperazine rings is 1. The minimum absolute atomic E-state index is 0.124. The zero-order valence-electron chi connectivity index (χ0n) is 16.4. The summed E-state index contributed by atoms with van der Waals surface area (Å²) >= 11 is 0. The molecular weight excluding hydrogens is 386 g/mol. The van der Waals surface area contributed by atoms with E-state index in [2.05, 4.69) is 5.32 Å². The third-order valence-corrected chi connectivity index (χ3v) is 5.46. The second-order valence-corrected chi connectivity index (χ2v) is 7.60. The van der Waals surface area contributed by atoms with Crippen LogP contribution in [-0.4, -0.2) is 64.0 Å². The van der Waals surface area contributed by atoms with Crippen LogP contribution in [0.1, 0.15) is 33.6 Å². The molecule has 2 amide bonds. The normalized spacial score (nSPS) is 16.3. The zero-order valence-corrected chi connectivity index (χ0v) is 16.4. The summed E-state index contributed by atoms with van der Waals surface area (Å²) in [5.74, 6) is -1.32. The number of nitrogens with one attached hydrogen (secondary N) is 1. The van der Waals surface area contributed by atoms with Gasteiger partial charge in [-0.3, -0.25) is 9.59 Å². The monoisotopic (exact) mass is 409 g/mol. The number of carboxylic acids is 1. The lowest BCUT2D eigenvalue weighted by Crippen LogP contribution is -2.51. The molecule has 1 saturated heterocycles. The van der Waals surface area contributed by atoms with Gasteiger partial charge >= 0.3 is 5.97 Å². The molecule has 0 unspecified atom stereocenters. The molecule has 0 bridgehead atoms. The number of hydrogen-bond donors (Lipinski definition) is 3. The molecule has 8 heteroatoms. The number of benzene rings is 2. The Hall–Kier alpha value is -3.55. The van der Waals surface area contributed by atoms with E-state index in [0.717, 1.165) is 12.8 Å². The molecule has 2 aromatic rings. The van der Waals surface area contributed by atoms with Crippen LogP contribution in [0.4, 0.5) is 11.4 Å². The summed E-state index contributed by atoms with van der Waals surface area (Å²) in [6.45, 7) is 2.09. The van der Waals surface area contributed by atoms with Gasteiger partial charge in [0.2, 0.25) is 5.91 Å². The van der Waals surface area contributed by atoms with Crippen molar-refractivity contribution in [2.45, 2.75) is 12.8 Å². The van der Waals surface area contributed by atoms with Gasteiger partial charge < -0.3 is 25.3 Å². The van der Waals surface area contributed by atoms with Gasteiger partial charge in [0.1, 0.15) is 5.56 Å². The number of carbonyl (C=O) groups excluding carboxylic acids is 2. The largest absolute Gasteiger partial charge is 0.505 e. The van der Waals surface area contributed by atoms with E-state index in [9.17, 15) is 19.5 Å². The second-order valence-electron chi connectivity index (χ2n) is 7.60. The predicted octanol–water partition coefficient (Wildman–Crippen LogP) is 2.53. The molecule has 1 heterocycles. The number of anilines is 2. The van der Waals surface area contributed by atoms with Gasteiger partial charge in [0.05, 0.1) is 5.69 Å². The van der Waals surface area contributed by atoms with Crippen LogP contribution in [0.25, 0.3) is 0 Å². The number of hydrogen-bond acceptors (Lipinski definition) is 5.